The number of hydrazone groups is 1. The van der Waals surface area contributed by atoms with Crippen LogP contribution < -0.4 is 14.9 Å². The van der Waals surface area contributed by atoms with Gasteiger partial charge in [-0.25, -0.2) is 5.43 Å². The largest absolute Gasteiger partial charge is 0.493 e. The number of carbonyl (C=O) groups is 1. The highest BCUT2D eigenvalue weighted by Gasteiger charge is 2.12. The number of nitrogens with zero attached hydrogens (tertiary/aromatic N) is 1. The highest BCUT2D eigenvalue weighted by atomic mass is 79.9. The maximum Gasteiger partial charge on any atom is 0.307 e. The first kappa shape index (κ1) is 17.0. The first-order valence-corrected chi connectivity index (χ1v) is 8.15. The van der Waals surface area contributed by atoms with Crippen molar-refractivity contribution < 1.29 is 18.7 Å². The molecule has 0 aliphatic heterocycles. The molecule has 0 unspecified atom stereocenters. The molecule has 3 aromatic rings. The number of amides is 1. The van der Waals surface area contributed by atoms with Crippen molar-refractivity contribution in [1.29, 1.82) is 0 Å². The van der Waals surface area contributed by atoms with Gasteiger partial charge in [0.05, 0.1) is 20.4 Å². The van der Waals surface area contributed by atoms with Crippen molar-refractivity contribution in [3.8, 4) is 11.5 Å². The third-order valence-electron chi connectivity index (χ3n) is 3.49. The Hall–Kier alpha value is -2.80. The number of rotatable bonds is 5. The molecule has 6 nitrogen and oxygen atoms in total. The second kappa shape index (κ2) is 7.40. The van der Waals surface area contributed by atoms with Crippen molar-refractivity contribution in [2.45, 2.75) is 0 Å². The van der Waals surface area contributed by atoms with Gasteiger partial charge < -0.3 is 13.9 Å². The molecule has 7 heteroatoms. The van der Waals surface area contributed by atoms with Gasteiger partial charge in [0.15, 0.2) is 17.3 Å². The average molecular weight is 403 g/mol. The van der Waals surface area contributed by atoms with Crippen LogP contribution in [-0.4, -0.2) is 26.3 Å². The summed E-state index contributed by atoms with van der Waals surface area (Å²) in [5.74, 6) is 0.833. The van der Waals surface area contributed by atoms with E-state index in [-0.39, 0.29) is 5.76 Å². The normalized spacial score (nSPS) is 11.0. The summed E-state index contributed by atoms with van der Waals surface area (Å²) in [5.41, 5.74) is 3.74. The zero-order chi connectivity index (χ0) is 17.8. The molecule has 128 valence electrons. The number of benzene rings is 2. The Labute approximate surface area is 152 Å². The van der Waals surface area contributed by atoms with Crippen molar-refractivity contribution in [2.75, 3.05) is 14.2 Å². The van der Waals surface area contributed by atoms with Crippen LogP contribution >= 0.6 is 15.9 Å². The lowest BCUT2D eigenvalue weighted by Crippen LogP contribution is -2.16. The van der Waals surface area contributed by atoms with E-state index in [1.165, 1.54) is 13.3 Å². The van der Waals surface area contributed by atoms with Gasteiger partial charge in [0.2, 0.25) is 0 Å². The molecule has 0 saturated carbocycles. The topological polar surface area (TPSA) is 73.1 Å². The van der Waals surface area contributed by atoms with Crippen LogP contribution in [0, 0.1) is 0 Å². The van der Waals surface area contributed by atoms with Crippen LogP contribution in [0.25, 0.3) is 11.0 Å². The molecule has 1 N–H and O–H groups in total. The third-order valence-corrected chi connectivity index (χ3v) is 3.95. The fraction of sp³-hybridized carbons (Fsp3) is 0.111. The number of methoxy groups -OCH3 is 2. The molecule has 1 amide bonds. The van der Waals surface area contributed by atoms with Crippen LogP contribution in [0.2, 0.25) is 0 Å². The van der Waals surface area contributed by atoms with Gasteiger partial charge in [-0.2, -0.15) is 5.10 Å². The highest BCUT2D eigenvalue weighted by molar-refractivity contribution is 9.10. The molecule has 1 aromatic heterocycles. The smallest absolute Gasteiger partial charge is 0.307 e. The number of ether oxygens (including phenoxy) is 2. The lowest BCUT2D eigenvalue weighted by molar-refractivity contribution is 0.0929. The van der Waals surface area contributed by atoms with E-state index in [0.717, 1.165) is 9.86 Å². The van der Waals surface area contributed by atoms with Gasteiger partial charge in [-0.05, 0) is 24.3 Å². The zero-order valence-corrected chi connectivity index (χ0v) is 15.2. The van der Waals surface area contributed by atoms with Crippen LogP contribution in [0.15, 0.2) is 56.5 Å². The van der Waals surface area contributed by atoms with E-state index in [4.69, 9.17) is 13.9 Å². The molecular weight excluding hydrogens is 388 g/mol. The second-order valence-corrected chi connectivity index (χ2v) is 5.99. The number of nitrogens with one attached hydrogen (secondary N) is 1. The maximum absolute atomic E-state index is 12.2. The third kappa shape index (κ3) is 3.66. The summed E-state index contributed by atoms with van der Waals surface area (Å²) in [6.07, 6.45) is 1.48. The van der Waals surface area contributed by atoms with Crippen LogP contribution in [0.5, 0.6) is 11.5 Å². The number of furan rings is 1. The number of fused-ring (bicyclic) bond motifs is 1. The molecule has 0 spiro atoms. The molecule has 3 rings (SSSR count). The van der Waals surface area contributed by atoms with Crippen LogP contribution in [0.3, 0.4) is 0 Å². The van der Waals surface area contributed by atoms with Crippen LogP contribution in [0.1, 0.15) is 16.1 Å². The summed E-state index contributed by atoms with van der Waals surface area (Å²) in [6.45, 7) is 0. The minimum absolute atomic E-state index is 0.192. The molecule has 0 fully saturated rings. The molecule has 0 aliphatic carbocycles. The molecular formula is C18H15BrN2O4. The fourth-order valence-electron chi connectivity index (χ4n) is 2.36. The summed E-state index contributed by atoms with van der Waals surface area (Å²) in [4.78, 5) is 12.2. The molecule has 2 aromatic carbocycles. The van der Waals surface area contributed by atoms with E-state index in [2.05, 4.69) is 26.5 Å². The number of hydrogen-bond donors (Lipinski definition) is 1. The maximum atomic E-state index is 12.2. The van der Waals surface area contributed by atoms with Crippen molar-refractivity contribution in [2.24, 2.45) is 5.10 Å². The Morgan fingerprint density at radius 2 is 2.00 bits per heavy atom. The van der Waals surface area contributed by atoms with E-state index < -0.39 is 5.91 Å². The predicted molar refractivity (Wildman–Crippen MR) is 98.5 cm³/mol. The lowest BCUT2D eigenvalue weighted by atomic mass is 10.2. The van der Waals surface area contributed by atoms with E-state index >= 15 is 0 Å². The summed E-state index contributed by atoms with van der Waals surface area (Å²) in [6, 6.07) is 12.7. The van der Waals surface area contributed by atoms with E-state index in [1.807, 2.05) is 18.2 Å². The van der Waals surface area contributed by atoms with Gasteiger partial charge >= 0.3 is 5.91 Å². The standard InChI is InChI=1S/C18H15BrN2O4/c1-23-15-9-13(19)7-12(17(15)24-2)10-20-21-18(22)16-8-11-5-3-4-6-14(11)25-16/h3-10H,1-2H3,(H,21,22)/b20-10+. The van der Waals surface area contributed by atoms with Gasteiger partial charge in [0, 0.05) is 15.4 Å². The molecule has 0 atom stereocenters. The quantitative estimate of drug-likeness (QED) is 0.517. The van der Waals surface area contributed by atoms with Crippen molar-refractivity contribution in [1.82, 2.24) is 5.43 Å². The van der Waals surface area contributed by atoms with E-state index in [9.17, 15) is 4.79 Å². The summed E-state index contributed by atoms with van der Waals surface area (Å²) in [5, 5.41) is 4.83. The minimum Gasteiger partial charge on any atom is -0.493 e. The monoisotopic (exact) mass is 402 g/mol. The van der Waals surface area contributed by atoms with Gasteiger partial charge in [-0.1, -0.05) is 34.1 Å². The number of halogens is 1. The SMILES string of the molecule is COc1cc(Br)cc(/C=N/NC(=O)c2cc3ccccc3o2)c1OC. The van der Waals surface area contributed by atoms with Crippen LogP contribution in [0.4, 0.5) is 0 Å². The first-order chi connectivity index (χ1) is 12.1. The van der Waals surface area contributed by atoms with Crippen molar-refractivity contribution >= 4 is 39.0 Å². The fourth-order valence-corrected chi connectivity index (χ4v) is 2.82. The first-order valence-electron chi connectivity index (χ1n) is 7.36. The Bertz CT molecular complexity index is 916. The van der Waals surface area contributed by atoms with Gasteiger partial charge in [-0.15, -0.1) is 0 Å². The molecule has 25 heavy (non-hydrogen) atoms. The Balaban J connectivity index is 1.78. The van der Waals surface area contributed by atoms with E-state index in [0.29, 0.717) is 22.6 Å². The van der Waals surface area contributed by atoms with E-state index in [1.54, 1.807) is 31.4 Å². The number of carbonyl (C=O) groups excluding carboxylic acids is 1. The van der Waals surface area contributed by atoms with Gasteiger partial charge in [0.25, 0.3) is 0 Å². The summed E-state index contributed by atoms with van der Waals surface area (Å²) >= 11 is 3.39. The Morgan fingerprint density at radius 1 is 1.20 bits per heavy atom. The summed E-state index contributed by atoms with van der Waals surface area (Å²) < 4.78 is 16.9. The summed E-state index contributed by atoms with van der Waals surface area (Å²) in [7, 11) is 3.09. The molecule has 0 aliphatic rings. The van der Waals surface area contributed by atoms with Gasteiger partial charge in [0.1, 0.15) is 5.58 Å². The molecule has 0 saturated heterocycles. The Morgan fingerprint density at radius 3 is 2.72 bits per heavy atom. The Kier molecular flexibility index (Phi) is 5.04. The predicted octanol–water partition coefficient (Wildman–Crippen LogP) is 3.98. The number of hydrogen-bond acceptors (Lipinski definition) is 5. The zero-order valence-electron chi connectivity index (χ0n) is 13.6. The molecule has 0 bridgehead atoms. The van der Waals surface area contributed by atoms with Crippen molar-refractivity contribution in [3.05, 3.63) is 58.3 Å². The van der Waals surface area contributed by atoms with Gasteiger partial charge in [-0.3, -0.25) is 4.79 Å². The average Bonchev–Trinajstić information content (AvgIpc) is 3.05. The minimum atomic E-state index is -0.437. The lowest BCUT2D eigenvalue weighted by Gasteiger charge is -2.10. The molecule has 1 heterocycles. The number of para-hydroxylation sites is 1. The van der Waals surface area contributed by atoms with Crippen LogP contribution in [-0.2, 0) is 0 Å². The van der Waals surface area contributed by atoms with Crippen molar-refractivity contribution in [3.63, 3.8) is 0 Å². The highest BCUT2D eigenvalue weighted by Crippen LogP contribution is 2.33. The second-order valence-electron chi connectivity index (χ2n) is 5.08. The molecule has 0 radical (unpaired) electrons.